The highest BCUT2D eigenvalue weighted by molar-refractivity contribution is 5.99. The minimum Gasteiger partial charge on any atom is -0.488 e. The molecule has 2 atom stereocenters. The Balaban J connectivity index is 1.19. The smallest absolute Gasteiger partial charge is 0.258 e. The average molecular weight is 664 g/mol. The van der Waals surface area contributed by atoms with Gasteiger partial charge in [-0.05, 0) is 66.1 Å². The molecule has 6 bridgehead atoms. The van der Waals surface area contributed by atoms with Crippen LogP contribution in [0.4, 0.5) is 10.1 Å². The van der Waals surface area contributed by atoms with Gasteiger partial charge in [0, 0.05) is 74.3 Å². The molecule has 3 aromatic carbocycles. The lowest BCUT2D eigenvalue weighted by atomic mass is 9.99. The molecule has 0 radical (unpaired) electrons. The molecule has 0 aliphatic carbocycles. The highest BCUT2D eigenvalue weighted by Crippen LogP contribution is 2.28. The fourth-order valence-electron chi connectivity index (χ4n) is 6.41. The number of halogens is 1. The third kappa shape index (κ3) is 7.23. The number of aromatic nitrogens is 1. The van der Waals surface area contributed by atoms with E-state index in [1.54, 1.807) is 64.5 Å². The highest BCUT2D eigenvalue weighted by Gasteiger charge is 2.35. The van der Waals surface area contributed by atoms with Crippen LogP contribution in [0.25, 0.3) is 11.1 Å². The summed E-state index contributed by atoms with van der Waals surface area (Å²) in [4.78, 5) is 60.2. The predicted molar refractivity (Wildman–Crippen MR) is 178 cm³/mol. The van der Waals surface area contributed by atoms with Crippen LogP contribution in [-0.4, -0.2) is 71.9 Å². The molecule has 3 aliphatic heterocycles. The summed E-state index contributed by atoms with van der Waals surface area (Å²) in [6.07, 6.45) is 4.06. The van der Waals surface area contributed by atoms with Gasteiger partial charge in [0.2, 0.25) is 5.91 Å². The fraction of sp³-hybridized carbons (Fsp3) is 0.270. The molecule has 49 heavy (non-hydrogen) atoms. The zero-order valence-electron chi connectivity index (χ0n) is 26.6. The van der Waals surface area contributed by atoms with Crippen molar-refractivity contribution in [1.82, 2.24) is 20.5 Å². The highest BCUT2D eigenvalue weighted by atomic mass is 19.1. The molecule has 2 N–H and O–H groups in total. The number of pyridine rings is 1. The van der Waals surface area contributed by atoms with E-state index in [2.05, 4.69) is 15.6 Å². The molecule has 3 aliphatic rings. The second-order valence-corrected chi connectivity index (χ2v) is 12.3. The first kappa shape index (κ1) is 31.8. The van der Waals surface area contributed by atoms with Crippen molar-refractivity contribution < 1.29 is 33.0 Å². The van der Waals surface area contributed by atoms with Crippen LogP contribution in [0.15, 0.2) is 85.2 Å². The standard InChI is InChI=1S/C37H34FN5O6/c38-28-12-23-13-31(17-28)49-33-9-11-42(37(47)25-5-1-6-29(15-25)43-10-3-8-35(43)45)21-32(33)41-36(46)27-14-26(19-39-20-27)24-4-2-7-30(16-24)48-22-34(44)40-18-23/h1-2,4-7,12-17,19-20,32-33H,3,8-11,18,21-22H2,(H,40,44)(H,41,46)/t32-,33+/m1/s1. The van der Waals surface area contributed by atoms with Gasteiger partial charge in [0.25, 0.3) is 17.7 Å². The van der Waals surface area contributed by atoms with E-state index >= 15 is 0 Å². The zero-order chi connectivity index (χ0) is 33.9. The molecule has 4 heterocycles. The van der Waals surface area contributed by atoms with E-state index in [0.717, 1.165) is 12.0 Å². The predicted octanol–water partition coefficient (Wildman–Crippen LogP) is 4.12. The first-order chi connectivity index (χ1) is 23.8. The van der Waals surface area contributed by atoms with E-state index in [1.165, 1.54) is 18.3 Å². The van der Waals surface area contributed by atoms with Crippen molar-refractivity contribution in [3.8, 4) is 22.6 Å². The maximum atomic E-state index is 14.8. The summed E-state index contributed by atoms with van der Waals surface area (Å²) in [5.41, 5.74) is 3.28. The topological polar surface area (TPSA) is 130 Å². The Morgan fingerprint density at radius 3 is 2.61 bits per heavy atom. The van der Waals surface area contributed by atoms with E-state index in [0.29, 0.717) is 59.6 Å². The fourth-order valence-corrected chi connectivity index (χ4v) is 6.41. The number of likely N-dealkylation sites (tertiary alicyclic amines) is 1. The van der Waals surface area contributed by atoms with Crippen LogP contribution in [0.1, 0.15) is 45.5 Å². The van der Waals surface area contributed by atoms with Crippen molar-refractivity contribution in [2.24, 2.45) is 0 Å². The number of benzene rings is 3. The first-order valence-electron chi connectivity index (χ1n) is 16.2. The normalized spacial score (nSPS) is 19.7. The Bertz CT molecular complexity index is 1930. The van der Waals surface area contributed by atoms with Crippen LogP contribution in [0, 0.1) is 5.82 Å². The number of amides is 4. The number of nitrogens with one attached hydrogen (secondary N) is 2. The van der Waals surface area contributed by atoms with E-state index < -0.39 is 23.9 Å². The molecular formula is C37H34FN5O6. The number of carbonyl (C=O) groups is 4. The molecule has 11 nitrogen and oxygen atoms in total. The number of nitrogens with zero attached hydrogens (tertiary/aromatic N) is 3. The lowest BCUT2D eigenvalue weighted by molar-refractivity contribution is -0.123. The number of hydrogen-bond donors (Lipinski definition) is 2. The minimum atomic E-state index is -0.678. The van der Waals surface area contributed by atoms with Crippen LogP contribution in [0.3, 0.4) is 0 Å². The summed E-state index contributed by atoms with van der Waals surface area (Å²) < 4.78 is 26.8. The summed E-state index contributed by atoms with van der Waals surface area (Å²) in [5.74, 6) is -0.890. The zero-order valence-corrected chi connectivity index (χ0v) is 26.6. The van der Waals surface area contributed by atoms with Crippen LogP contribution in [0.2, 0.25) is 0 Å². The summed E-state index contributed by atoms with van der Waals surface area (Å²) >= 11 is 0. The molecule has 0 unspecified atom stereocenters. The third-order valence-electron chi connectivity index (χ3n) is 8.88. The van der Waals surface area contributed by atoms with Gasteiger partial charge in [-0.3, -0.25) is 24.2 Å². The summed E-state index contributed by atoms with van der Waals surface area (Å²) in [7, 11) is 0. The van der Waals surface area contributed by atoms with Gasteiger partial charge in [-0.1, -0.05) is 18.2 Å². The monoisotopic (exact) mass is 663 g/mol. The molecule has 0 spiro atoms. The maximum absolute atomic E-state index is 14.8. The Hall–Kier alpha value is -5.78. The van der Waals surface area contributed by atoms with E-state index in [1.807, 2.05) is 12.1 Å². The molecule has 12 heteroatoms. The van der Waals surface area contributed by atoms with Crippen molar-refractivity contribution in [2.75, 3.05) is 31.1 Å². The molecule has 2 fully saturated rings. The lowest BCUT2D eigenvalue weighted by Gasteiger charge is -2.39. The first-order valence-corrected chi connectivity index (χ1v) is 16.2. The SMILES string of the molecule is O=C1COc2cccc(c2)-c2cncc(c2)C(=O)N[C@@H]2CN(C(=O)c3cccc(N4CCCC4=O)c3)CC[C@@H]2Oc2cc(F)cc(c2)CN1. The van der Waals surface area contributed by atoms with Crippen molar-refractivity contribution in [2.45, 2.75) is 38.0 Å². The number of carbonyl (C=O) groups excluding carboxylic acids is 4. The van der Waals surface area contributed by atoms with Gasteiger partial charge >= 0.3 is 0 Å². The van der Waals surface area contributed by atoms with Gasteiger partial charge in [-0.2, -0.15) is 0 Å². The molecule has 250 valence electrons. The van der Waals surface area contributed by atoms with Crippen molar-refractivity contribution in [1.29, 1.82) is 0 Å². The minimum absolute atomic E-state index is 0.0283. The van der Waals surface area contributed by atoms with Gasteiger partial charge in [0.15, 0.2) is 6.61 Å². The Morgan fingerprint density at radius 1 is 0.898 bits per heavy atom. The van der Waals surface area contributed by atoms with Gasteiger partial charge < -0.3 is 29.9 Å². The van der Waals surface area contributed by atoms with Crippen LogP contribution >= 0.6 is 0 Å². The Morgan fingerprint density at radius 2 is 1.76 bits per heavy atom. The number of piperidine rings is 1. The van der Waals surface area contributed by atoms with Crippen molar-refractivity contribution in [3.05, 3.63) is 108 Å². The molecule has 0 saturated carbocycles. The van der Waals surface area contributed by atoms with Crippen LogP contribution in [-0.2, 0) is 16.1 Å². The molecular weight excluding hydrogens is 629 g/mol. The second kappa shape index (κ2) is 13.8. The molecule has 1 aromatic heterocycles. The molecule has 4 amide bonds. The quantitative estimate of drug-likeness (QED) is 0.330. The Labute approximate surface area is 282 Å². The Kier molecular flexibility index (Phi) is 8.93. The van der Waals surface area contributed by atoms with Crippen molar-refractivity contribution >= 4 is 29.3 Å². The largest absolute Gasteiger partial charge is 0.488 e. The number of anilines is 1. The average Bonchev–Trinajstić information content (AvgIpc) is 3.55. The maximum Gasteiger partial charge on any atom is 0.258 e. The van der Waals surface area contributed by atoms with Gasteiger partial charge in [0.1, 0.15) is 23.4 Å². The summed E-state index contributed by atoms with van der Waals surface area (Å²) in [5, 5.41) is 5.80. The van der Waals surface area contributed by atoms with Gasteiger partial charge in [-0.25, -0.2) is 4.39 Å². The third-order valence-corrected chi connectivity index (χ3v) is 8.88. The second-order valence-electron chi connectivity index (χ2n) is 12.3. The van der Waals surface area contributed by atoms with Gasteiger partial charge in [-0.15, -0.1) is 0 Å². The molecule has 4 aromatic rings. The molecule has 7 rings (SSSR count). The lowest BCUT2D eigenvalue weighted by Crippen LogP contribution is -2.58. The van der Waals surface area contributed by atoms with Crippen LogP contribution in [0.5, 0.6) is 11.5 Å². The van der Waals surface area contributed by atoms with E-state index in [9.17, 15) is 23.6 Å². The van der Waals surface area contributed by atoms with E-state index in [4.69, 9.17) is 9.47 Å². The number of fused-ring (bicyclic) bond motifs is 8. The van der Waals surface area contributed by atoms with Crippen LogP contribution < -0.4 is 25.0 Å². The molecule has 2 saturated heterocycles. The number of ether oxygens (including phenoxy) is 2. The van der Waals surface area contributed by atoms with E-state index in [-0.39, 0.29) is 43.2 Å². The summed E-state index contributed by atoms with van der Waals surface area (Å²) in [6, 6.07) is 19.3. The number of rotatable bonds is 2. The summed E-state index contributed by atoms with van der Waals surface area (Å²) in [6.45, 7) is 0.837. The number of hydrogen-bond acceptors (Lipinski definition) is 7. The van der Waals surface area contributed by atoms with Crippen molar-refractivity contribution in [3.63, 3.8) is 0 Å². The van der Waals surface area contributed by atoms with Gasteiger partial charge in [0.05, 0.1) is 11.6 Å².